The number of amides is 1. The van der Waals surface area contributed by atoms with Gasteiger partial charge in [0.25, 0.3) is 0 Å². The number of nitrogens with two attached hydrogens (primary N) is 1. The highest BCUT2D eigenvalue weighted by Crippen LogP contribution is 2.10. The predicted octanol–water partition coefficient (Wildman–Crippen LogP) is 1.65. The van der Waals surface area contributed by atoms with Gasteiger partial charge in [-0.2, -0.15) is 0 Å². The van der Waals surface area contributed by atoms with Gasteiger partial charge in [0.2, 0.25) is 15.9 Å². The predicted molar refractivity (Wildman–Crippen MR) is 131 cm³/mol. The molecule has 6 N–H and O–H groups in total. The molecule has 0 atom stereocenters. The number of nitrogens with one attached hydrogen (secondary N) is 4. The molecule has 0 aliphatic rings. The van der Waals surface area contributed by atoms with Crippen molar-refractivity contribution in [3.05, 3.63) is 29.8 Å². The summed E-state index contributed by atoms with van der Waals surface area (Å²) in [4.78, 5) is 12.2. The van der Waals surface area contributed by atoms with Crippen LogP contribution in [0.5, 0.6) is 0 Å². The first-order valence-corrected chi connectivity index (χ1v) is 13.4. The van der Waals surface area contributed by atoms with Gasteiger partial charge in [0.05, 0.1) is 4.90 Å². The Labute approximate surface area is 194 Å². The molecule has 0 saturated heterocycles. The van der Waals surface area contributed by atoms with Crippen LogP contribution in [0.3, 0.4) is 0 Å². The summed E-state index contributed by atoms with van der Waals surface area (Å²) in [5.41, 5.74) is 6.47. The molecular formula is C23H43N5O3S. The third kappa shape index (κ3) is 14.5. The molecule has 1 aromatic rings. The molecule has 0 fully saturated rings. The highest BCUT2D eigenvalue weighted by atomic mass is 32.2. The lowest BCUT2D eigenvalue weighted by Gasteiger charge is -2.08. The number of hydrogen-bond donors (Lipinski definition) is 5. The maximum absolute atomic E-state index is 12.2. The zero-order valence-corrected chi connectivity index (χ0v) is 20.4. The van der Waals surface area contributed by atoms with E-state index >= 15 is 0 Å². The van der Waals surface area contributed by atoms with E-state index in [1.165, 1.54) is 0 Å². The Kier molecular flexibility index (Phi) is 16.0. The van der Waals surface area contributed by atoms with Crippen LogP contribution in [-0.4, -0.2) is 60.1 Å². The van der Waals surface area contributed by atoms with Gasteiger partial charge < -0.3 is 21.7 Å². The van der Waals surface area contributed by atoms with E-state index in [4.69, 9.17) is 5.73 Å². The van der Waals surface area contributed by atoms with Crippen molar-refractivity contribution in [2.45, 2.75) is 63.2 Å². The molecule has 9 heteroatoms. The Morgan fingerprint density at radius 1 is 0.781 bits per heavy atom. The van der Waals surface area contributed by atoms with Crippen LogP contribution in [0, 0.1) is 6.92 Å². The summed E-state index contributed by atoms with van der Waals surface area (Å²) in [5.74, 6) is 0.0637. The molecule has 184 valence electrons. The van der Waals surface area contributed by atoms with Crippen molar-refractivity contribution in [2.75, 3.05) is 45.8 Å². The Hall–Kier alpha value is -1.52. The van der Waals surface area contributed by atoms with Crippen molar-refractivity contribution in [1.82, 2.24) is 20.7 Å². The van der Waals surface area contributed by atoms with Crippen LogP contribution in [0.1, 0.15) is 56.9 Å². The molecule has 0 unspecified atom stereocenters. The molecule has 0 aromatic heterocycles. The van der Waals surface area contributed by atoms with Crippen molar-refractivity contribution in [1.29, 1.82) is 0 Å². The first kappa shape index (κ1) is 28.5. The molecule has 8 nitrogen and oxygen atoms in total. The third-order valence-electron chi connectivity index (χ3n) is 5.07. The van der Waals surface area contributed by atoms with Crippen molar-refractivity contribution >= 4 is 15.9 Å². The molecule has 0 radical (unpaired) electrons. The van der Waals surface area contributed by atoms with Gasteiger partial charge in [-0.1, -0.05) is 24.1 Å². The summed E-state index contributed by atoms with van der Waals surface area (Å²) in [6.45, 7) is 7.67. The van der Waals surface area contributed by atoms with Crippen LogP contribution in [0.4, 0.5) is 0 Å². The third-order valence-corrected chi connectivity index (χ3v) is 6.55. The van der Waals surface area contributed by atoms with Gasteiger partial charge in [-0.15, -0.1) is 0 Å². The summed E-state index contributed by atoms with van der Waals surface area (Å²) in [7, 11) is -3.45. The Morgan fingerprint density at radius 2 is 1.38 bits per heavy atom. The topological polar surface area (TPSA) is 125 Å². The standard InChI is InChI=1S/C23H43N5O3S/c1-21-10-12-22(13-11-21)32(30,31)28-20-4-2-3-9-23(29)27-19-8-18-26-16-6-5-15-25-17-7-14-24/h10-13,25-26,28H,2-9,14-20,24H2,1H3,(H,27,29). The molecule has 0 aliphatic carbocycles. The van der Waals surface area contributed by atoms with Gasteiger partial charge in [-0.05, 0) is 90.3 Å². The van der Waals surface area contributed by atoms with Crippen LogP contribution in [0.15, 0.2) is 29.2 Å². The normalized spacial score (nSPS) is 11.6. The zero-order chi connectivity index (χ0) is 23.5. The maximum atomic E-state index is 12.2. The largest absolute Gasteiger partial charge is 0.356 e. The van der Waals surface area contributed by atoms with E-state index in [1.807, 2.05) is 6.92 Å². The molecule has 0 bridgehead atoms. The summed E-state index contributed by atoms with van der Waals surface area (Å²) >= 11 is 0. The summed E-state index contributed by atoms with van der Waals surface area (Å²) in [5, 5.41) is 9.71. The van der Waals surface area contributed by atoms with E-state index in [-0.39, 0.29) is 10.8 Å². The number of unbranched alkanes of at least 4 members (excludes halogenated alkanes) is 3. The summed E-state index contributed by atoms with van der Waals surface area (Å²) in [6, 6.07) is 6.80. The number of rotatable bonds is 20. The number of carbonyl (C=O) groups is 1. The molecule has 32 heavy (non-hydrogen) atoms. The van der Waals surface area contributed by atoms with Gasteiger partial charge in [-0.25, -0.2) is 13.1 Å². The monoisotopic (exact) mass is 469 g/mol. The van der Waals surface area contributed by atoms with E-state index in [0.717, 1.165) is 76.8 Å². The zero-order valence-electron chi connectivity index (χ0n) is 19.6. The molecular weight excluding hydrogens is 426 g/mol. The van der Waals surface area contributed by atoms with Crippen molar-refractivity contribution in [3.8, 4) is 0 Å². The van der Waals surface area contributed by atoms with Crippen molar-refractivity contribution in [2.24, 2.45) is 5.73 Å². The van der Waals surface area contributed by atoms with Gasteiger partial charge in [0.1, 0.15) is 0 Å². The second-order valence-electron chi connectivity index (χ2n) is 8.07. The van der Waals surface area contributed by atoms with E-state index in [0.29, 0.717) is 25.9 Å². The van der Waals surface area contributed by atoms with Gasteiger partial charge in [0, 0.05) is 19.5 Å². The average molecular weight is 470 g/mol. The molecule has 0 saturated carbocycles. The van der Waals surface area contributed by atoms with Gasteiger partial charge in [-0.3, -0.25) is 4.79 Å². The minimum absolute atomic E-state index is 0.0637. The quantitative estimate of drug-likeness (QED) is 0.185. The molecule has 1 amide bonds. The van der Waals surface area contributed by atoms with E-state index < -0.39 is 10.0 Å². The molecule has 1 aromatic carbocycles. The lowest BCUT2D eigenvalue weighted by atomic mass is 10.2. The molecule has 0 spiro atoms. The fraction of sp³-hybridized carbons (Fsp3) is 0.696. The first-order valence-electron chi connectivity index (χ1n) is 11.9. The van der Waals surface area contributed by atoms with Crippen LogP contribution in [0.2, 0.25) is 0 Å². The highest BCUT2D eigenvalue weighted by Gasteiger charge is 2.12. The summed E-state index contributed by atoms with van der Waals surface area (Å²) < 4.78 is 27.0. The Morgan fingerprint density at radius 3 is 2.03 bits per heavy atom. The minimum Gasteiger partial charge on any atom is -0.356 e. The molecule has 0 heterocycles. The van der Waals surface area contributed by atoms with Gasteiger partial charge >= 0.3 is 0 Å². The van der Waals surface area contributed by atoms with Crippen molar-refractivity contribution in [3.63, 3.8) is 0 Å². The average Bonchev–Trinajstić information content (AvgIpc) is 2.77. The fourth-order valence-corrected chi connectivity index (χ4v) is 4.18. The number of aryl methyl sites for hydroxylation is 1. The summed E-state index contributed by atoms with van der Waals surface area (Å²) in [6.07, 6.45) is 7.01. The SMILES string of the molecule is Cc1ccc(S(=O)(=O)NCCCCCC(=O)NCCCNCCCCNCCCN)cc1. The van der Waals surface area contributed by atoms with E-state index in [2.05, 4.69) is 20.7 Å². The van der Waals surface area contributed by atoms with Crippen LogP contribution in [0.25, 0.3) is 0 Å². The lowest BCUT2D eigenvalue weighted by Crippen LogP contribution is -2.27. The Bertz CT molecular complexity index is 711. The van der Waals surface area contributed by atoms with Crippen molar-refractivity contribution < 1.29 is 13.2 Å². The Balaban J connectivity index is 1.91. The van der Waals surface area contributed by atoms with Crippen LogP contribution < -0.4 is 26.4 Å². The maximum Gasteiger partial charge on any atom is 0.240 e. The lowest BCUT2D eigenvalue weighted by molar-refractivity contribution is -0.121. The number of carbonyl (C=O) groups excluding carboxylic acids is 1. The van der Waals surface area contributed by atoms with Crippen LogP contribution in [-0.2, 0) is 14.8 Å². The molecule has 1 rings (SSSR count). The second kappa shape index (κ2) is 18.0. The van der Waals surface area contributed by atoms with Crippen LogP contribution >= 0.6 is 0 Å². The van der Waals surface area contributed by atoms with E-state index in [9.17, 15) is 13.2 Å². The number of benzene rings is 1. The number of sulfonamides is 1. The molecule has 0 aliphatic heterocycles. The minimum atomic E-state index is -3.45. The smallest absolute Gasteiger partial charge is 0.240 e. The van der Waals surface area contributed by atoms with Gasteiger partial charge in [0.15, 0.2) is 0 Å². The second-order valence-corrected chi connectivity index (χ2v) is 9.84. The first-order chi connectivity index (χ1) is 15.5. The fourth-order valence-electron chi connectivity index (χ4n) is 3.10. The highest BCUT2D eigenvalue weighted by molar-refractivity contribution is 7.89. The van der Waals surface area contributed by atoms with E-state index in [1.54, 1.807) is 24.3 Å². The number of hydrogen-bond acceptors (Lipinski definition) is 6.